The lowest BCUT2D eigenvalue weighted by atomic mass is 10.0. The smallest absolute Gasteiger partial charge is 0.339 e. The first-order valence-electron chi connectivity index (χ1n) is 21.5. The van der Waals surface area contributed by atoms with Gasteiger partial charge in [0, 0.05) is 0 Å². The van der Waals surface area contributed by atoms with Crippen LogP contribution in [0.15, 0.2) is 0 Å². The minimum absolute atomic E-state index is 1.01. The Morgan fingerprint density at radius 2 is 0.521 bits per heavy atom. The molecular weight excluding hydrogens is 645 g/mol. The summed E-state index contributed by atoms with van der Waals surface area (Å²) in [4.78, 5) is 0. The Morgan fingerprint density at radius 1 is 0.333 bits per heavy atom. The summed E-state index contributed by atoms with van der Waals surface area (Å²) >= 11 is 0. The van der Waals surface area contributed by atoms with Crippen LogP contribution >= 0.6 is 0 Å². The highest BCUT2D eigenvalue weighted by molar-refractivity contribution is 6.71. The van der Waals surface area contributed by atoms with E-state index in [1.165, 1.54) is 193 Å². The highest BCUT2D eigenvalue weighted by Crippen LogP contribution is 2.21. The lowest BCUT2D eigenvalue weighted by molar-refractivity contribution is -0.206. The van der Waals surface area contributed by atoms with Gasteiger partial charge in [0.05, 0.1) is 0 Å². The molecule has 0 aromatic heterocycles. The molecule has 0 aliphatic heterocycles. The minimum atomic E-state index is -2.80. The quantitative estimate of drug-likeness (QED) is 0.0272. The fraction of sp³-hybridized carbons (Fsp3) is 1.00. The second-order valence-electron chi connectivity index (χ2n) is 16.2. The molecule has 0 saturated carbocycles. The van der Waals surface area contributed by atoms with E-state index in [-0.39, 0.29) is 0 Å². The molecule has 0 bridgehead atoms. The summed E-state index contributed by atoms with van der Waals surface area (Å²) in [6, 6.07) is 2.03. The van der Waals surface area contributed by atoms with Gasteiger partial charge in [0.15, 0.2) is 0 Å². The number of rotatable bonds is 40. The number of unbranched alkanes of at least 4 members (excludes halogenated alkanes) is 30. The molecule has 0 heterocycles. The molecule has 8 heteroatoms. The zero-order chi connectivity index (χ0) is 35.4. The summed E-state index contributed by atoms with van der Waals surface area (Å²) < 4.78 is 34.0. The van der Waals surface area contributed by atoms with Crippen molar-refractivity contribution >= 4 is 25.8 Å². The van der Waals surface area contributed by atoms with Gasteiger partial charge < -0.3 is 9.15 Å². The van der Waals surface area contributed by atoms with Crippen molar-refractivity contribution in [3.05, 3.63) is 0 Å². The van der Waals surface area contributed by atoms with Gasteiger partial charge >= 0.3 is 9.17 Å². The van der Waals surface area contributed by atoms with E-state index < -0.39 is 25.8 Å². The van der Waals surface area contributed by atoms with E-state index in [0.717, 1.165) is 24.9 Å². The standard InChI is InChI=1S/C40H86O5Si3/c1-7-9-11-13-15-17-19-21-23-25-27-29-31-33-35-37-39-47(3,4)44-42-46(41)43-45-48(5,6)40-38-36-34-32-30-28-26-24-22-20-18-16-14-12-10-8-2/h7-40H2,1-6H3. The first kappa shape index (κ1) is 48.0. The van der Waals surface area contributed by atoms with E-state index in [9.17, 15) is 4.46 Å². The van der Waals surface area contributed by atoms with E-state index in [0.29, 0.717) is 0 Å². The maximum absolute atomic E-state index is 12.3. The van der Waals surface area contributed by atoms with Gasteiger partial charge in [-0.1, -0.05) is 219 Å². The van der Waals surface area contributed by atoms with Gasteiger partial charge in [-0.15, -0.1) is 0 Å². The van der Waals surface area contributed by atoms with Gasteiger partial charge in [-0.05, 0) is 38.3 Å². The van der Waals surface area contributed by atoms with Crippen molar-refractivity contribution in [2.75, 3.05) is 0 Å². The average molecular weight is 731 g/mol. The molecule has 0 aliphatic rings. The van der Waals surface area contributed by atoms with Crippen LogP contribution in [0.5, 0.6) is 0 Å². The Labute approximate surface area is 305 Å². The van der Waals surface area contributed by atoms with Gasteiger partial charge in [0.1, 0.15) is 0 Å². The Hall–Kier alpha value is -0.0294. The SMILES string of the molecule is CCCCCCCCCCCCCCCCCC[Si](C)(C)OO[Si](=O)OO[Si](C)(C)CCCCCCCCCCCCCCCCCC. The Bertz CT molecular complexity index is 623. The van der Waals surface area contributed by atoms with Crippen molar-refractivity contribution in [1.82, 2.24) is 0 Å². The maximum Gasteiger partial charge on any atom is 0.833 e. The molecule has 0 aromatic carbocycles. The fourth-order valence-corrected chi connectivity index (χ4v) is 11.3. The number of hydrogen-bond acceptors (Lipinski definition) is 5. The van der Waals surface area contributed by atoms with Gasteiger partial charge in [-0.2, -0.15) is 0 Å². The summed E-state index contributed by atoms with van der Waals surface area (Å²) in [5, 5.41) is 0. The van der Waals surface area contributed by atoms with E-state index in [4.69, 9.17) is 18.3 Å². The topological polar surface area (TPSA) is 54.0 Å². The Balaban J connectivity index is 3.59. The monoisotopic (exact) mass is 731 g/mol. The second kappa shape index (κ2) is 35.4. The third kappa shape index (κ3) is 37.2. The third-order valence-corrected chi connectivity index (χ3v) is 14.9. The van der Waals surface area contributed by atoms with Crippen LogP contribution in [0.1, 0.15) is 219 Å². The van der Waals surface area contributed by atoms with Crippen molar-refractivity contribution in [3.8, 4) is 0 Å². The zero-order valence-electron chi connectivity index (χ0n) is 33.6. The van der Waals surface area contributed by atoms with Crippen molar-refractivity contribution in [1.29, 1.82) is 0 Å². The largest absolute Gasteiger partial charge is 0.833 e. The molecule has 288 valence electrons. The molecule has 0 fully saturated rings. The molecular formula is C40H86O5Si3. The summed E-state index contributed by atoms with van der Waals surface area (Å²) in [6.45, 7) is 13.1. The molecule has 0 rings (SSSR count). The van der Waals surface area contributed by atoms with Crippen LogP contribution in [0.3, 0.4) is 0 Å². The van der Waals surface area contributed by atoms with Gasteiger partial charge in [-0.25, -0.2) is 0 Å². The summed E-state index contributed by atoms with van der Waals surface area (Å²) in [7, 11) is -6.85. The third-order valence-electron chi connectivity index (χ3n) is 9.94. The molecule has 0 atom stereocenters. The summed E-state index contributed by atoms with van der Waals surface area (Å²) in [5.41, 5.74) is 0. The van der Waals surface area contributed by atoms with Crippen LogP contribution < -0.4 is 0 Å². The highest BCUT2D eigenvalue weighted by atomic mass is 28.4. The normalized spacial score (nSPS) is 12.1. The molecule has 5 nitrogen and oxygen atoms in total. The van der Waals surface area contributed by atoms with E-state index >= 15 is 0 Å². The fourth-order valence-electron chi connectivity index (χ4n) is 6.59. The first-order chi connectivity index (χ1) is 23.2. The molecule has 0 spiro atoms. The van der Waals surface area contributed by atoms with Crippen LogP contribution in [0, 0.1) is 0 Å². The zero-order valence-corrected chi connectivity index (χ0v) is 36.6. The van der Waals surface area contributed by atoms with E-state index in [2.05, 4.69) is 40.0 Å². The average Bonchev–Trinajstić information content (AvgIpc) is 3.06. The molecule has 0 N–H and O–H groups in total. The van der Waals surface area contributed by atoms with Crippen molar-refractivity contribution < 1.29 is 22.8 Å². The molecule has 48 heavy (non-hydrogen) atoms. The van der Waals surface area contributed by atoms with E-state index in [1.807, 2.05) is 0 Å². The van der Waals surface area contributed by atoms with E-state index in [1.54, 1.807) is 0 Å². The predicted molar refractivity (Wildman–Crippen MR) is 214 cm³/mol. The lowest BCUT2D eigenvalue weighted by Gasteiger charge is -2.22. The maximum atomic E-state index is 12.3. The highest BCUT2D eigenvalue weighted by Gasteiger charge is 2.31. The molecule has 0 aliphatic carbocycles. The molecule has 0 aromatic rings. The molecule has 0 saturated heterocycles. The van der Waals surface area contributed by atoms with Crippen LogP contribution in [0.25, 0.3) is 0 Å². The molecule has 0 radical (unpaired) electrons. The molecule has 0 unspecified atom stereocenters. The van der Waals surface area contributed by atoms with Crippen LogP contribution in [0.4, 0.5) is 0 Å². The number of hydrogen-bond donors (Lipinski definition) is 0. The van der Waals surface area contributed by atoms with Gasteiger partial charge in [0.2, 0.25) is 16.6 Å². The van der Waals surface area contributed by atoms with Crippen LogP contribution in [-0.4, -0.2) is 25.8 Å². The predicted octanol–water partition coefficient (Wildman–Crippen LogP) is 15.2. The summed E-state index contributed by atoms with van der Waals surface area (Å²) in [5.74, 6) is 0. The van der Waals surface area contributed by atoms with Crippen LogP contribution in [0.2, 0.25) is 38.3 Å². The lowest BCUT2D eigenvalue weighted by Crippen LogP contribution is -2.35. The van der Waals surface area contributed by atoms with Crippen molar-refractivity contribution in [2.45, 2.75) is 258 Å². The van der Waals surface area contributed by atoms with Crippen LogP contribution in [-0.2, 0) is 22.8 Å². The Morgan fingerprint density at radius 3 is 0.729 bits per heavy atom. The molecule has 0 amide bonds. The van der Waals surface area contributed by atoms with Crippen molar-refractivity contribution in [2.24, 2.45) is 0 Å². The van der Waals surface area contributed by atoms with Gasteiger partial charge in [0.25, 0.3) is 0 Å². The first-order valence-corrected chi connectivity index (χ1v) is 28.9. The minimum Gasteiger partial charge on any atom is -0.339 e. The second-order valence-corrected chi connectivity index (χ2v) is 25.4. The summed E-state index contributed by atoms with van der Waals surface area (Å²) in [6.07, 6.45) is 44.0. The Kier molecular flexibility index (Phi) is 35.4. The van der Waals surface area contributed by atoms with Crippen molar-refractivity contribution in [3.63, 3.8) is 0 Å². The van der Waals surface area contributed by atoms with Gasteiger partial charge in [-0.3, -0.25) is 13.6 Å².